The molecule has 172 valence electrons. The number of aliphatic hydroxyl groups excluding tert-OH is 4. The van der Waals surface area contributed by atoms with Crippen LogP contribution in [0, 0.1) is 0 Å². The molecule has 32 heavy (non-hydrogen) atoms. The first kappa shape index (κ1) is 21.3. The first-order chi connectivity index (χ1) is 15.4. The Labute approximate surface area is 183 Å². The van der Waals surface area contributed by atoms with Crippen LogP contribution in [0.4, 0.5) is 0 Å². The minimum atomic E-state index is -1.54. The van der Waals surface area contributed by atoms with Gasteiger partial charge in [-0.15, -0.1) is 0 Å². The molecule has 7 atom stereocenters. The second-order valence-electron chi connectivity index (χ2n) is 8.09. The molecule has 0 saturated carbocycles. The van der Waals surface area contributed by atoms with Gasteiger partial charge in [0.1, 0.15) is 54.0 Å². The summed E-state index contributed by atoms with van der Waals surface area (Å²) in [4.78, 5) is 0. The summed E-state index contributed by atoms with van der Waals surface area (Å²) < 4.78 is 28.1. The van der Waals surface area contributed by atoms with Crippen LogP contribution >= 0.6 is 0 Å². The number of ether oxygens (including phenoxy) is 5. The minimum absolute atomic E-state index is 0.0481. The highest BCUT2D eigenvalue weighted by Crippen LogP contribution is 2.54. The second kappa shape index (κ2) is 7.77. The molecule has 0 amide bonds. The van der Waals surface area contributed by atoms with Crippen molar-refractivity contribution in [2.45, 2.75) is 42.4 Å². The summed E-state index contributed by atoms with van der Waals surface area (Å²) in [5, 5.41) is 50.7. The molecule has 2 aromatic rings. The van der Waals surface area contributed by atoms with E-state index in [9.17, 15) is 25.5 Å². The van der Waals surface area contributed by atoms with Gasteiger partial charge in [0.15, 0.2) is 11.7 Å². The molecule has 0 aromatic heterocycles. The number of hydrogen-bond donors (Lipinski definition) is 5. The number of hydrogen-bond acceptors (Lipinski definition) is 10. The maximum atomic E-state index is 11.3. The quantitative estimate of drug-likeness (QED) is 0.418. The SMILES string of the molecule is COc1ccc2c(c1)OC1c3ccc(OC4OC(CO)C(O)C(O)C4O)cc3OC[C@@]21O. The molecule has 5 rings (SSSR count). The van der Waals surface area contributed by atoms with Crippen LogP contribution in [0.25, 0.3) is 0 Å². The molecule has 10 heteroatoms. The van der Waals surface area contributed by atoms with E-state index in [1.165, 1.54) is 0 Å². The van der Waals surface area contributed by atoms with Crippen molar-refractivity contribution in [3.05, 3.63) is 47.5 Å². The minimum Gasteiger partial charge on any atom is -0.497 e. The van der Waals surface area contributed by atoms with Crippen LogP contribution in [0.5, 0.6) is 23.0 Å². The van der Waals surface area contributed by atoms with E-state index in [2.05, 4.69) is 0 Å². The van der Waals surface area contributed by atoms with E-state index in [1.807, 2.05) is 0 Å². The Balaban J connectivity index is 1.39. The molecule has 0 aliphatic carbocycles. The molecule has 2 aromatic carbocycles. The zero-order valence-corrected chi connectivity index (χ0v) is 17.1. The average molecular weight is 448 g/mol. The van der Waals surface area contributed by atoms with Gasteiger partial charge in [-0.1, -0.05) is 0 Å². The van der Waals surface area contributed by atoms with Gasteiger partial charge in [0.2, 0.25) is 6.29 Å². The first-order valence-corrected chi connectivity index (χ1v) is 10.2. The number of rotatable bonds is 4. The van der Waals surface area contributed by atoms with Crippen molar-refractivity contribution in [1.82, 2.24) is 0 Å². The molecule has 1 saturated heterocycles. The zero-order chi connectivity index (χ0) is 22.6. The van der Waals surface area contributed by atoms with Gasteiger partial charge < -0.3 is 49.2 Å². The van der Waals surface area contributed by atoms with Crippen molar-refractivity contribution in [2.75, 3.05) is 20.3 Å². The van der Waals surface area contributed by atoms with Crippen molar-refractivity contribution >= 4 is 0 Å². The largest absolute Gasteiger partial charge is 0.497 e. The molecule has 5 N–H and O–H groups in total. The van der Waals surface area contributed by atoms with Crippen LogP contribution in [0.1, 0.15) is 17.2 Å². The highest BCUT2D eigenvalue weighted by Gasteiger charge is 2.53. The van der Waals surface area contributed by atoms with E-state index in [1.54, 1.807) is 43.5 Å². The lowest BCUT2D eigenvalue weighted by Crippen LogP contribution is -2.60. The fourth-order valence-electron chi connectivity index (χ4n) is 4.34. The summed E-state index contributed by atoms with van der Waals surface area (Å²) in [7, 11) is 1.55. The van der Waals surface area contributed by atoms with Gasteiger partial charge in [0.25, 0.3) is 0 Å². The monoisotopic (exact) mass is 448 g/mol. The zero-order valence-electron chi connectivity index (χ0n) is 17.1. The third-order valence-corrected chi connectivity index (χ3v) is 6.15. The molecule has 3 heterocycles. The Morgan fingerprint density at radius 1 is 1.00 bits per heavy atom. The standard InChI is InChI=1S/C22H24O10/c1-28-10-3-5-13-15(6-10)31-20-12-4-2-11(7-14(12)29-9-22(13,20)27)30-21-19(26)18(25)17(24)16(8-23)32-21/h2-7,16-21,23-27H,8-9H2,1H3/t16?,17?,18?,19?,20?,21?,22-/m1/s1. The normalized spacial score (nSPS) is 35.1. The van der Waals surface area contributed by atoms with E-state index in [4.69, 9.17) is 23.7 Å². The summed E-state index contributed by atoms with van der Waals surface area (Å²) in [6, 6.07) is 10.0. The van der Waals surface area contributed by atoms with Crippen LogP contribution in [0.2, 0.25) is 0 Å². The fraction of sp³-hybridized carbons (Fsp3) is 0.455. The molecule has 0 spiro atoms. The highest BCUT2D eigenvalue weighted by molar-refractivity contribution is 5.54. The van der Waals surface area contributed by atoms with Gasteiger partial charge in [0.05, 0.1) is 13.7 Å². The third kappa shape index (κ3) is 3.19. The molecule has 10 nitrogen and oxygen atoms in total. The van der Waals surface area contributed by atoms with Crippen LogP contribution in [-0.2, 0) is 10.3 Å². The smallest absolute Gasteiger partial charge is 0.229 e. The van der Waals surface area contributed by atoms with E-state index in [0.717, 1.165) is 0 Å². The Hall–Kier alpha value is -2.60. The third-order valence-electron chi connectivity index (χ3n) is 6.15. The molecule has 3 aliphatic heterocycles. The number of aliphatic hydroxyl groups is 5. The Bertz CT molecular complexity index is 1010. The lowest BCUT2D eigenvalue weighted by Gasteiger charge is -2.39. The molecule has 1 fully saturated rings. The highest BCUT2D eigenvalue weighted by atomic mass is 16.7. The van der Waals surface area contributed by atoms with Crippen LogP contribution in [-0.4, -0.2) is 76.6 Å². The number of benzene rings is 2. The fourth-order valence-corrected chi connectivity index (χ4v) is 4.34. The van der Waals surface area contributed by atoms with Crippen molar-refractivity contribution in [2.24, 2.45) is 0 Å². The van der Waals surface area contributed by atoms with Crippen LogP contribution in [0.3, 0.4) is 0 Å². The van der Waals surface area contributed by atoms with E-state index >= 15 is 0 Å². The summed E-state index contributed by atoms with van der Waals surface area (Å²) in [5.41, 5.74) is -0.153. The van der Waals surface area contributed by atoms with Gasteiger partial charge in [-0.2, -0.15) is 0 Å². The van der Waals surface area contributed by atoms with E-state index in [0.29, 0.717) is 28.4 Å². The van der Waals surface area contributed by atoms with Crippen molar-refractivity contribution in [1.29, 1.82) is 0 Å². The molecule has 0 bridgehead atoms. The molecule has 0 radical (unpaired) electrons. The predicted octanol–water partition coefficient (Wildman–Crippen LogP) is -0.412. The maximum absolute atomic E-state index is 11.3. The lowest BCUT2D eigenvalue weighted by atomic mass is 9.85. The average Bonchev–Trinajstić information content (AvgIpc) is 3.11. The summed E-state index contributed by atoms with van der Waals surface area (Å²) in [6.07, 6.45) is -7.64. The number of methoxy groups -OCH3 is 1. The predicted molar refractivity (Wildman–Crippen MR) is 107 cm³/mol. The van der Waals surface area contributed by atoms with E-state index < -0.39 is 49.0 Å². The van der Waals surface area contributed by atoms with Gasteiger partial charge in [-0.3, -0.25) is 0 Å². The molecule has 6 unspecified atom stereocenters. The molecular weight excluding hydrogens is 424 g/mol. The Morgan fingerprint density at radius 3 is 2.50 bits per heavy atom. The molecular formula is C22H24O10. The Morgan fingerprint density at radius 2 is 1.75 bits per heavy atom. The van der Waals surface area contributed by atoms with Gasteiger partial charge in [-0.05, 0) is 24.3 Å². The van der Waals surface area contributed by atoms with Crippen LogP contribution < -0.4 is 18.9 Å². The van der Waals surface area contributed by atoms with Gasteiger partial charge in [0, 0.05) is 23.3 Å². The van der Waals surface area contributed by atoms with Crippen molar-refractivity contribution < 1.29 is 49.2 Å². The van der Waals surface area contributed by atoms with Gasteiger partial charge in [-0.25, -0.2) is 0 Å². The van der Waals surface area contributed by atoms with Gasteiger partial charge >= 0.3 is 0 Å². The summed E-state index contributed by atoms with van der Waals surface area (Å²) in [5.74, 6) is 1.79. The molecule has 3 aliphatic rings. The van der Waals surface area contributed by atoms with Crippen LogP contribution in [0.15, 0.2) is 36.4 Å². The van der Waals surface area contributed by atoms with Crippen molar-refractivity contribution in [3.63, 3.8) is 0 Å². The Kier molecular flexibility index (Phi) is 5.16. The topological polar surface area (TPSA) is 147 Å². The summed E-state index contributed by atoms with van der Waals surface area (Å²) in [6.45, 7) is -0.603. The maximum Gasteiger partial charge on any atom is 0.229 e. The first-order valence-electron chi connectivity index (χ1n) is 10.2. The van der Waals surface area contributed by atoms with E-state index in [-0.39, 0.29) is 12.4 Å². The second-order valence-corrected chi connectivity index (χ2v) is 8.09. The van der Waals surface area contributed by atoms with Crippen molar-refractivity contribution in [3.8, 4) is 23.0 Å². The summed E-state index contributed by atoms with van der Waals surface area (Å²) >= 11 is 0. The number of fused-ring (bicyclic) bond motifs is 5. The lowest BCUT2D eigenvalue weighted by molar-refractivity contribution is -0.277.